The minimum atomic E-state index is -0.864. The third-order valence-corrected chi connectivity index (χ3v) is 7.04. The number of carbonyl (C=O) groups is 2. The van der Waals surface area contributed by atoms with E-state index in [1.807, 2.05) is 25.1 Å². The van der Waals surface area contributed by atoms with Gasteiger partial charge in [-0.15, -0.1) is 0 Å². The van der Waals surface area contributed by atoms with Crippen LogP contribution in [-0.4, -0.2) is 16.4 Å². The van der Waals surface area contributed by atoms with Gasteiger partial charge in [0.05, 0.1) is 21.9 Å². The van der Waals surface area contributed by atoms with E-state index >= 15 is 0 Å². The lowest BCUT2D eigenvalue weighted by molar-refractivity contribution is 0.0938. The fraction of sp³-hybridized carbons (Fsp3) is 0.136. The summed E-state index contributed by atoms with van der Waals surface area (Å²) in [5.74, 6) is -0.434. The van der Waals surface area contributed by atoms with Crippen molar-refractivity contribution < 1.29 is 9.59 Å². The molecule has 7 heteroatoms. The number of nitriles is 1. The molecule has 3 aromatic rings. The zero-order valence-corrected chi connectivity index (χ0v) is 18.8. The summed E-state index contributed by atoms with van der Waals surface area (Å²) in [5, 5.41) is 10.1. The number of anilines is 1. The number of benzene rings is 2. The van der Waals surface area contributed by atoms with Gasteiger partial charge in [0.25, 0.3) is 5.91 Å². The van der Waals surface area contributed by atoms with Crippen LogP contribution in [0, 0.1) is 18.3 Å². The molecule has 0 radical (unpaired) electrons. The molecule has 1 atom stereocenters. The van der Waals surface area contributed by atoms with Crippen LogP contribution in [0.1, 0.15) is 39.2 Å². The average Bonchev–Trinajstić information content (AvgIpc) is 3.07. The molecule has 2 aromatic carbocycles. The Balaban J connectivity index is 2.08. The predicted octanol–water partition coefficient (Wildman–Crippen LogP) is 5.87. The molecule has 0 saturated carbocycles. The first kappa shape index (κ1) is 19.6. The van der Waals surface area contributed by atoms with Gasteiger partial charge >= 0.3 is 0 Å². The maximum Gasteiger partial charge on any atom is 0.259 e. The summed E-state index contributed by atoms with van der Waals surface area (Å²) in [4.78, 5) is 27.3. The molecule has 2 heterocycles. The molecule has 1 unspecified atom stereocenters. The summed E-state index contributed by atoms with van der Waals surface area (Å²) >= 11 is 7.08. The van der Waals surface area contributed by atoms with E-state index in [-0.39, 0.29) is 11.8 Å². The molecule has 1 aliphatic rings. The Morgan fingerprint density at radius 1 is 1.10 bits per heavy atom. The Hall–Kier alpha value is -2.69. The Kier molecular flexibility index (Phi) is 4.93. The van der Waals surface area contributed by atoms with Crippen LogP contribution in [0.4, 0.5) is 5.69 Å². The van der Waals surface area contributed by atoms with E-state index in [0.29, 0.717) is 32.5 Å². The van der Waals surface area contributed by atoms with E-state index in [0.717, 1.165) is 10.0 Å². The molecule has 1 aliphatic heterocycles. The molecule has 5 nitrogen and oxygen atoms in total. The van der Waals surface area contributed by atoms with Crippen molar-refractivity contribution in [2.45, 2.75) is 19.9 Å². The molecular weight excluding hydrogens is 498 g/mol. The smallest absolute Gasteiger partial charge is 0.259 e. The third kappa shape index (κ3) is 2.95. The van der Waals surface area contributed by atoms with Crippen molar-refractivity contribution in [3.63, 3.8) is 0 Å². The van der Waals surface area contributed by atoms with Gasteiger partial charge in [0.1, 0.15) is 0 Å². The number of fused-ring (bicyclic) bond motifs is 3. The number of hydrogen-bond donors (Lipinski definition) is 0. The van der Waals surface area contributed by atoms with Crippen LogP contribution in [0.3, 0.4) is 0 Å². The summed E-state index contributed by atoms with van der Waals surface area (Å²) < 4.78 is 2.96. The number of rotatable bonds is 1. The lowest BCUT2D eigenvalue weighted by atomic mass is 9.91. The van der Waals surface area contributed by atoms with Crippen molar-refractivity contribution in [2.24, 2.45) is 0 Å². The molecular formula is C22H15Br2N3O2. The summed E-state index contributed by atoms with van der Waals surface area (Å²) in [6, 6.07) is 14.0. The number of aryl methyl sites for hydroxylation is 1. The zero-order chi connectivity index (χ0) is 20.9. The highest BCUT2D eigenvalue weighted by Crippen LogP contribution is 2.51. The van der Waals surface area contributed by atoms with E-state index in [2.05, 4.69) is 37.9 Å². The van der Waals surface area contributed by atoms with Crippen molar-refractivity contribution in [1.29, 1.82) is 5.26 Å². The first-order valence-corrected chi connectivity index (χ1v) is 10.4. The van der Waals surface area contributed by atoms with Gasteiger partial charge in [-0.1, -0.05) is 18.2 Å². The van der Waals surface area contributed by atoms with E-state index in [1.165, 1.54) is 11.8 Å². The van der Waals surface area contributed by atoms with Crippen molar-refractivity contribution in [1.82, 2.24) is 4.57 Å². The van der Waals surface area contributed by atoms with Gasteiger partial charge < -0.3 is 0 Å². The fourth-order valence-corrected chi connectivity index (χ4v) is 4.66. The molecule has 0 bridgehead atoms. The summed E-state index contributed by atoms with van der Waals surface area (Å²) in [6.07, 6.45) is 1.73. The Morgan fingerprint density at radius 2 is 1.79 bits per heavy atom. The van der Waals surface area contributed by atoms with E-state index in [4.69, 9.17) is 0 Å². The van der Waals surface area contributed by atoms with E-state index in [1.54, 1.807) is 35.0 Å². The minimum Gasteiger partial charge on any atom is -0.287 e. The van der Waals surface area contributed by atoms with Gasteiger partial charge in [0.2, 0.25) is 5.91 Å². The highest BCUT2D eigenvalue weighted by molar-refractivity contribution is 9.13. The van der Waals surface area contributed by atoms with Crippen molar-refractivity contribution in [3.05, 3.63) is 74.3 Å². The Labute approximate surface area is 184 Å². The van der Waals surface area contributed by atoms with E-state index in [9.17, 15) is 14.9 Å². The molecule has 0 saturated heterocycles. The van der Waals surface area contributed by atoms with Crippen molar-refractivity contribution >= 4 is 49.4 Å². The van der Waals surface area contributed by atoms with Gasteiger partial charge in [-0.2, -0.15) is 5.26 Å². The van der Waals surface area contributed by atoms with Gasteiger partial charge in [0, 0.05) is 34.3 Å². The summed E-state index contributed by atoms with van der Waals surface area (Å²) in [6.45, 7) is 3.34. The van der Waals surface area contributed by atoms with Gasteiger partial charge in [-0.05, 0) is 68.6 Å². The highest BCUT2D eigenvalue weighted by atomic mass is 79.9. The molecule has 0 fully saturated rings. The number of amides is 1. The number of hydrogen-bond acceptors (Lipinski definition) is 3. The molecule has 1 aromatic heterocycles. The maximum absolute atomic E-state index is 13.5. The largest absolute Gasteiger partial charge is 0.287 e. The second-order valence-electron chi connectivity index (χ2n) is 6.79. The Morgan fingerprint density at radius 3 is 2.41 bits per heavy atom. The van der Waals surface area contributed by atoms with Gasteiger partial charge in [-0.25, -0.2) is 0 Å². The standard InChI is InChI=1S/C22H15Br2N3O2/c1-12-11-26(13(2)28)20-15-8-9-16(23)19(24)21(15)27(17(10-25)18(12)20)22(29)14-6-4-3-5-7-14/h3-9,11,17H,1-2H3. The first-order valence-electron chi connectivity index (χ1n) is 8.86. The van der Waals surface area contributed by atoms with Crippen LogP contribution in [0.5, 0.6) is 0 Å². The SMILES string of the molecule is CC(=O)n1cc(C)c2c1-c1ccc(Br)c(Br)c1N(C(=O)c1ccccc1)C2C#N. The quantitative estimate of drug-likeness (QED) is 0.409. The number of aromatic nitrogens is 1. The zero-order valence-electron chi connectivity index (χ0n) is 15.6. The number of carbonyl (C=O) groups excluding carboxylic acids is 2. The van der Waals surface area contributed by atoms with Gasteiger partial charge in [-0.3, -0.25) is 19.1 Å². The van der Waals surface area contributed by atoms with Crippen LogP contribution in [0.25, 0.3) is 11.3 Å². The number of nitrogens with zero attached hydrogens (tertiary/aromatic N) is 3. The maximum atomic E-state index is 13.5. The summed E-state index contributed by atoms with van der Waals surface area (Å²) in [7, 11) is 0. The topological polar surface area (TPSA) is 66.1 Å². The van der Waals surface area contributed by atoms with Gasteiger partial charge in [0.15, 0.2) is 6.04 Å². The molecule has 0 spiro atoms. The molecule has 4 rings (SSSR count). The first-order chi connectivity index (χ1) is 13.9. The number of halogens is 2. The lowest BCUT2D eigenvalue weighted by Gasteiger charge is -2.35. The van der Waals surface area contributed by atoms with Crippen LogP contribution < -0.4 is 4.90 Å². The van der Waals surface area contributed by atoms with Crippen LogP contribution in [0.15, 0.2) is 57.6 Å². The third-order valence-electron chi connectivity index (χ3n) is 5.04. The normalized spacial score (nSPS) is 14.7. The van der Waals surface area contributed by atoms with Crippen LogP contribution in [0.2, 0.25) is 0 Å². The lowest BCUT2D eigenvalue weighted by Crippen LogP contribution is -2.38. The molecule has 0 N–H and O–H groups in total. The molecule has 0 aliphatic carbocycles. The van der Waals surface area contributed by atoms with Crippen molar-refractivity contribution in [2.75, 3.05) is 4.90 Å². The summed E-state index contributed by atoms with van der Waals surface area (Å²) in [5.41, 5.74) is 3.88. The monoisotopic (exact) mass is 511 g/mol. The van der Waals surface area contributed by atoms with Crippen LogP contribution in [-0.2, 0) is 0 Å². The fourth-order valence-electron chi connectivity index (χ4n) is 3.80. The minimum absolute atomic E-state index is 0.154. The average molecular weight is 513 g/mol. The molecule has 29 heavy (non-hydrogen) atoms. The molecule has 1 amide bonds. The predicted molar refractivity (Wildman–Crippen MR) is 118 cm³/mol. The van der Waals surface area contributed by atoms with E-state index < -0.39 is 6.04 Å². The van der Waals surface area contributed by atoms with Crippen molar-refractivity contribution in [3.8, 4) is 17.3 Å². The molecule has 144 valence electrons. The highest BCUT2D eigenvalue weighted by Gasteiger charge is 2.40. The second kappa shape index (κ2) is 7.29. The Bertz CT molecular complexity index is 1210. The van der Waals surface area contributed by atoms with Crippen LogP contribution >= 0.6 is 31.9 Å². The second-order valence-corrected chi connectivity index (χ2v) is 8.44.